The summed E-state index contributed by atoms with van der Waals surface area (Å²) in [5.41, 5.74) is 11.5. The Morgan fingerprint density at radius 2 is 2.16 bits per heavy atom. The number of carbonyl (C=O) groups excluding carboxylic acids is 1. The van der Waals surface area contributed by atoms with Crippen molar-refractivity contribution in [3.05, 3.63) is 15.9 Å². The van der Waals surface area contributed by atoms with Gasteiger partial charge in [-0.25, -0.2) is 0 Å². The second kappa shape index (κ2) is 7.83. The Kier molecular flexibility index (Phi) is 6.02. The topological polar surface area (TPSA) is 156 Å². The van der Waals surface area contributed by atoms with E-state index in [1.807, 2.05) is 13.8 Å². The van der Waals surface area contributed by atoms with Gasteiger partial charge in [0.2, 0.25) is 5.95 Å². The molecule has 0 aromatic carbocycles. The number of nitrogen functional groups attached to an aromatic ring is 1. The number of anilines is 2. The molecule has 2 rings (SSSR count). The van der Waals surface area contributed by atoms with E-state index in [-0.39, 0.29) is 23.3 Å². The third kappa shape index (κ3) is 4.29. The van der Waals surface area contributed by atoms with Gasteiger partial charge in [-0.2, -0.15) is 4.98 Å². The zero-order chi connectivity index (χ0) is 18.7. The van der Waals surface area contributed by atoms with Gasteiger partial charge >= 0.3 is 5.97 Å². The molecule has 0 saturated heterocycles. The third-order valence-electron chi connectivity index (χ3n) is 4.83. The number of nitrogens with two attached hydrogens (primary N) is 2. The minimum absolute atomic E-state index is 0.00448. The summed E-state index contributed by atoms with van der Waals surface area (Å²) >= 11 is 0. The van der Waals surface area contributed by atoms with Gasteiger partial charge < -0.3 is 26.6 Å². The van der Waals surface area contributed by atoms with Gasteiger partial charge in [0.1, 0.15) is 18.0 Å². The molecule has 5 atom stereocenters. The molecule has 2 heterocycles. The van der Waals surface area contributed by atoms with Crippen LogP contribution < -0.4 is 22.3 Å². The first kappa shape index (κ1) is 19.2. The lowest BCUT2D eigenvalue weighted by molar-refractivity contribution is -0.158. The van der Waals surface area contributed by atoms with Crippen LogP contribution >= 0.6 is 0 Å². The number of hydrogen-bond donors (Lipinski definition) is 5. The summed E-state index contributed by atoms with van der Waals surface area (Å²) in [6.45, 7) is 5.83. The maximum atomic E-state index is 12.1. The number of aliphatic hydroxyl groups excluding tert-OH is 1. The highest BCUT2D eigenvalue weighted by Gasteiger charge is 2.33. The number of aromatic amines is 1. The molecular weight excluding hydrogens is 326 g/mol. The average Bonchev–Trinajstić information content (AvgIpc) is 2.59. The van der Waals surface area contributed by atoms with Crippen molar-refractivity contribution in [1.82, 2.24) is 9.97 Å². The van der Waals surface area contributed by atoms with Crippen molar-refractivity contribution in [3.63, 3.8) is 0 Å². The van der Waals surface area contributed by atoms with Crippen LogP contribution in [0.3, 0.4) is 0 Å². The van der Waals surface area contributed by atoms with Gasteiger partial charge in [0, 0.05) is 12.5 Å². The molecular formula is C16H27N5O4. The molecule has 9 heteroatoms. The molecule has 9 nitrogen and oxygen atoms in total. The van der Waals surface area contributed by atoms with Crippen molar-refractivity contribution < 1.29 is 14.6 Å². The van der Waals surface area contributed by atoms with Crippen LogP contribution in [0.25, 0.3) is 0 Å². The van der Waals surface area contributed by atoms with E-state index >= 15 is 0 Å². The number of nitrogens with one attached hydrogen (secondary N) is 2. The molecule has 25 heavy (non-hydrogen) atoms. The van der Waals surface area contributed by atoms with Crippen LogP contribution in [0.4, 0.5) is 11.8 Å². The van der Waals surface area contributed by atoms with Gasteiger partial charge in [0.05, 0.1) is 11.7 Å². The smallest absolute Gasteiger partial charge is 0.323 e. The number of rotatable bonds is 6. The molecule has 1 aromatic rings. The maximum absolute atomic E-state index is 12.1. The highest BCUT2D eigenvalue weighted by Crippen LogP contribution is 2.24. The number of esters is 1. The van der Waals surface area contributed by atoms with E-state index in [4.69, 9.17) is 16.2 Å². The summed E-state index contributed by atoms with van der Waals surface area (Å²) in [5.74, 6) is -0.376. The van der Waals surface area contributed by atoms with E-state index < -0.39 is 24.2 Å². The van der Waals surface area contributed by atoms with Crippen LogP contribution in [0.2, 0.25) is 0 Å². The molecule has 1 aliphatic heterocycles. The highest BCUT2D eigenvalue weighted by molar-refractivity contribution is 5.76. The summed E-state index contributed by atoms with van der Waals surface area (Å²) in [6, 6.07) is -0.722. The summed E-state index contributed by atoms with van der Waals surface area (Å²) in [5, 5.41) is 13.5. The fourth-order valence-corrected chi connectivity index (χ4v) is 2.86. The van der Waals surface area contributed by atoms with Crippen LogP contribution in [-0.2, 0) is 16.0 Å². The number of nitrogens with zero attached hydrogens (tertiary/aromatic N) is 1. The van der Waals surface area contributed by atoms with E-state index in [0.29, 0.717) is 24.3 Å². The van der Waals surface area contributed by atoms with Gasteiger partial charge in [0.25, 0.3) is 5.56 Å². The molecule has 140 valence electrons. The standard InChI is InChI=1S/C16H27N5O4/c1-4-7(2)11(17)15(24)25-8(3)12(22)9-5-10-13(19-6-9)20-16(18)21-14(10)23/h7-9,11-12,22H,4-6,17H2,1-3H3,(H4,18,19,20,21,23)/t7?,8-,9+,11-,12-/m0/s1. The van der Waals surface area contributed by atoms with E-state index in [0.717, 1.165) is 6.42 Å². The van der Waals surface area contributed by atoms with Crippen molar-refractivity contribution in [3.8, 4) is 0 Å². The minimum atomic E-state index is -0.939. The second-order valence-corrected chi connectivity index (χ2v) is 6.67. The van der Waals surface area contributed by atoms with Crippen LogP contribution in [0.15, 0.2) is 4.79 Å². The van der Waals surface area contributed by atoms with Crippen LogP contribution in [0.5, 0.6) is 0 Å². The number of aromatic nitrogens is 2. The normalized spacial score (nSPS) is 21.4. The zero-order valence-corrected chi connectivity index (χ0v) is 14.8. The van der Waals surface area contributed by atoms with Crippen molar-refractivity contribution in [2.24, 2.45) is 17.6 Å². The second-order valence-electron chi connectivity index (χ2n) is 6.67. The van der Waals surface area contributed by atoms with Crippen LogP contribution in [-0.4, -0.2) is 45.8 Å². The largest absolute Gasteiger partial charge is 0.459 e. The van der Waals surface area contributed by atoms with Gasteiger partial charge in [-0.3, -0.25) is 14.6 Å². The molecule has 1 aliphatic rings. The van der Waals surface area contributed by atoms with Gasteiger partial charge in [-0.1, -0.05) is 20.3 Å². The van der Waals surface area contributed by atoms with E-state index in [9.17, 15) is 14.7 Å². The van der Waals surface area contributed by atoms with Crippen molar-refractivity contribution >= 4 is 17.7 Å². The molecule has 0 saturated carbocycles. The molecule has 0 bridgehead atoms. The lowest BCUT2D eigenvalue weighted by atomic mass is 9.89. The number of H-pyrrole nitrogens is 1. The van der Waals surface area contributed by atoms with Crippen LogP contribution in [0, 0.1) is 11.8 Å². The molecule has 0 amide bonds. The Balaban J connectivity index is 2.02. The molecule has 0 radical (unpaired) electrons. The third-order valence-corrected chi connectivity index (χ3v) is 4.83. The van der Waals surface area contributed by atoms with E-state index in [1.165, 1.54) is 0 Å². The first-order valence-electron chi connectivity index (χ1n) is 8.51. The molecule has 0 aliphatic carbocycles. The number of ether oxygens (including phenoxy) is 1. The molecule has 1 unspecified atom stereocenters. The summed E-state index contributed by atoms with van der Waals surface area (Å²) < 4.78 is 5.32. The molecule has 0 fully saturated rings. The number of fused-ring (bicyclic) bond motifs is 1. The predicted octanol–water partition coefficient (Wildman–Crippen LogP) is -0.398. The molecule has 0 spiro atoms. The predicted molar refractivity (Wildman–Crippen MR) is 93.9 cm³/mol. The van der Waals surface area contributed by atoms with Crippen molar-refractivity contribution in [2.45, 2.75) is 51.9 Å². The highest BCUT2D eigenvalue weighted by atomic mass is 16.6. The Labute approximate surface area is 146 Å². The van der Waals surface area contributed by atoms with E-state index in [2.05, 4.69) is 15.3 Å². The number of carbonyl (C=O) groups is 1. The molecule has 1 aromatic heterocycles. The average molecular weight is 353 g/mol. The fraction of sp³-hybridized carbons (Fsp3) is 0.688. The maximum Gasteiger partial charge on any atom is 0.323 e. The Morgan fingerprint density at radius 3 is 2.80 bits per heavy atom. The Hall–Kier alpha value is -2.13. The van der Waals surface area contributed by atoms with Gasteiger partial charge in [-0.05, 0) is 19.3 Å². The SMILES string of the molecule is CCC(C)[C@H](N)C(=O)O[C@@H](C)[C@H](O)[C@H]1CNc2nc(N)[nH]c(=O)c2C1. The fourth-order valence-electron chi connectivity index (χ4n) is 2.86. The summed E-state index contributed by atoms with van der Waals surface area (Å²) in [6.07, 6.45) is -0.608. The lowest BCUT2D eigenvalue weighted by Crippen LogP contribution is -2.46. The van der Waals surface area contributed by atoms with Crippen molar-refractivity contribution in [2.75, 3.05) is 17.6 Å². The Bertz CT molecular complexity index is 677. The first-order valence-corrected chi connectivity index (χ1v) is 8.51. The molecule has 7 N–H and O–H groups in total. The zero-order valence-electron chi connectivity index (χ0n) is 14.8. The number of aliphatic hydroxyl groups is 1. The van der Waals surface area contributed by atoms with Crippen molar-refractivity contribution in [1.29, 1.82) is 0 Å². The summed E-state index contributed by atoms with van der Waals surface area (Å²) in [4.78, 5) is 30.6. The van der Waals surface area contributed by atoms with E-state index in [1.54, 1.807) is 6.92 Å². The van der Waals surface area contributed by atoms with Crippen LogP contribution in [0.1, 0.15) is 32.8 Å². The Morgan fingerprint density at radius 1 is 1.48 bits per heavy atom. The monoisotopic (exact) mass is 353 g/mol. The van der Waals surface area contributed by atoms with Gasteiger partial charge in [-0.15, -0.1) is 0 Å². The minimum Gasteiger partial charge on any atom is -0.459 e. The summed E-state index contributed by atoms with van der Waals surface area (Å²) in [7, 11) is 0. The lowest BCUT2D eigenvalue weighted by Gasteiger charge is -2.32. The number of hydrogen-bond acceptors (Lipinski definition) is 8. The first-order chi connectivity index (χ1) is 11.7. The van der Waals surface area contributed by atoms with Gasteiger partial charge in [0.15, 0.2) is 0 Å². The quantitative estimate of drug-likeness (QED) is 0.433.